The van der Waals surface area contributed by atoms with E-state index in [4.69, 9.17) is 4.74 Å². The molecule has 0 aliphatic carbocycles. The molecule has 1 aromatic carbocycles. The van der Waals surface area contributed by atoms with Crippen molar-refractivity contribution >= 4 is 28.5 Å². The van der Waals surface area contributed by atoms with Gasteiger partial charge in [0.2, 0.25) is 5.91 Å². The Morgan fingerprint density at radius 1 is 1.32 bits per heavy atom. The number of pyridine rings is 1. The second-order valence-electron chi connectivity index (χ2n) is 6.36. The fourth-order valence-electron chi connectivity index (χ4n) is 3.09. The van der Waals surface area contributed by atoms with E-state index in [0.717, 1.165) is 10.8 Å². The van der Waals surface area contributed by atoms with Crippen LogP contribution in [0.2, 0.25) is 0 Å². The number of ether oxygens (including phenoxy) is 1. The van der Waals surface area contributed by atoms with Gasteiger partial charge in [0.1, 0.15) is 11.9 Å². The predicted molar refractivity (Wildman–Crippen MR) is 104 cm³/mol. The van der Waals surface area contributed by atoms with E-state index in [1.165, 1.54) is 17.9 Å². The van der Waals surface area contributed by atoms with Crippen LogP contribution in [0, 0.1) is 5.82 Å². The molecule has 4 rings (SSSR count). The Hall–Kier alpha value is -3.42. The van der Waals surface area contributed by atoms with Crippen LogP contribution in [-0.2, 0) is 9.53 Å². The number of benzene rings is 1. The lowest BCUT2D eigenvalue weighted by atomic mass is 10.2. The molecule has 1 N–H and O–H groups in total. The molecule has 0 saturated carbocycles. The van der Waals surface area contributed by atoms with Gasteiger partial charge in [-0.2, -0.15) is 0 Å². The molecule has 0 radical (unpaired) electrons. The number of anilines is 1. The van der Waals surface area contributed by atoms with Crippen LogP contribution in [0.15, 0.2) is 49.1 Å². The van der Waals surface area contributed by atoms with Crippen LogP contribution in [0.1, 0.15) is 14.4 Å². The predicted octanol–water partition coefficient (Wildman–Crippen LogP) is 3.26. The molecule has 0 spiro atoms. The third-order valence-electron chi connectivity index (χ3n) is 4.42. The van der Waals surface area contributed by atoms with Crippen LogP contribution in [0.3, 0.4) is 0 Å². The third-order valence-corrected chi connectivity index (χ3v) is 4.42. The number of fused-ring (bicyclic) bond motifs is 1. The van der Waals surface area contributed by atoms with Gasteiger partial charge in [-0.05, 0) is 24.3 Å². The maximum Gasteiger partial charge on any atom is 0.414 e. The Morgan fingerprint density at radius 3 is 2.82 bits per heavy atom. The summed E-state index contributed by atoms with van der Waals surface area (Å²) in [6, 6.07) is 6.45. The SMILES string of the molecule is C.CC(=O)NC[C@H]1CN(c2ccc(-n3cc4ccncc4c3)c(F)c2)C(=O)O1. The molecule has 1 aliphatic heterocycles. The average molecular weight is 384 g/mol. The maximum atomic E-state index is 14.7. The van der Waals surface area contributed by atoms with Crippen molar-refractivity contribution in [1.82, 2.24) is 14.9 Å². The van der Waals surface area contributed by atoms with E-state index >= 15 is 0 Å². The number of nitrogens with zero attached hydrogens (tertiary/aromatic N) is 3. The first-order valence-corrected chi connectivity index (χ1v) is 8.45. The van der Waals surface area contributed by atoms with Crippen molar-refractivity contribution in [2.45, 2.75) is 20.5 Å². The number of rotatable bonds is 4. The molecular formula is C20H21FN4O3. The number of carbonyl (C=O) groups excluding carboxylic acids is 2. The van der Waals surface area contributed by atoms with Gasteiger partial charge in [-0.3, -0.25) is 14.7 Å². The van der Waals surface area contributed by atoms with Gasteiger partial charge in [-0.25, -0.2) is 9.18 Å². The topological polar surface area (TPSA) is 76.5 Å². The van der Waals surface area contributed by atoms with Crippen molar-refractivity contribution in [3.63, 3.8) is 0 Å². The number of hydrogen-bond acceptors (Lipinski definition) is 4. The van der Waals surface area contributed by atoms with Crippen molar-refractivity contribution in [2.75, 3.05) is 18.0 Å². The lowest BCUT2D eigenvalue weighted by molar-refractivity contribution is -0.119. The number of cyclic esters (lactones) is 1. The monoisotopic (exact) mass is 384 g/mol. The number of hydrogen-bond donors (Lipinski definition) is 1. The molecule has 1 atom stereocenters. The van der Waals surface area contributed by atoms with E-state index in [-0.39, 0.29) is 26.4 Å². The molecule has 0 bridgehead atoms. The normalized spacial score (nSPS) is 16.0. The fraction of sp³-hybridized carbons (Fsp3) is 0.250. The van der Waals surface area contributed by atoms with Gasteiger partial charge in [0.25, 0.3) is 0 Å². The fourth-order valence-corrected chi connectivity index (χ4v) is 3.09. The third kappa shape index (κ3) is 3.66. The number of carbonyl (C=O) groups is 2. The average Bonchev–Trinajstić information content (AvgIpc) is 3.23. The van der Waals surface area contributed by atoms with E-state index in [9.17, 15) is 14.0 Å². The van der Waals surface area contributed by atoms with Crippen LogP contribution < -0.4 is 10.2 Å². The summed E-state index contributed by atoms with van der Waals surface area (Å²) in [7, 11) is 0. The van der Waals surface area contributed by atoms with Gasteiger partial charge in [-0.1, -0.05) is 7.43 Å². The summed E-state index contributed by atoms with van der Waals surface area (Å²) in [6.45, 7) is 1.86. The number of nitrogens with one attached hydrogen (secondary N) is 1. The summed E-state index contributed by atoms with van der Waals surface area (Å²) in [5.41, 5.74) is 0.780. The van der Waals surface area contributed by atoms with E-state index in [1.54, 1.807) is 35.3 Å². The summed E-state index contributed by atoms with van der Waals surface area (Å²) in [4.78, 5) is 28.5. The highest BCUT2D eigenvalue weighted by Gasteiger charge is 2.32. The lowest BCUT2D eigenvalue weighted by Gasteiger charge is -2.14. The van der Waals surface area contributed by atoms with Crippen LogP contribution in [0.25, 0.3) is 16.5 Å². The molecule has 1 aliphatic rings. The van der Waals surface area contributed by atoms with Gasteiger partial charge in [0.05, 0.1) is 24.5 Å². The summed E-state index contributed by atoms with van der Waals surface area (Å²) in [5.74, 6) is -0.659. The number of aromatic nitrogens is 2. The molecule has 3 aromatic rings. The van der Waals surface area contributed by atoms with Gasteiger partial charge >= 0.3 is 6.09 Å². The molecule has 7 nitrogen and oxygen atoms in total. The Bertz CT molecular complexity index is 1000. The van der Waals surface area contributed by atoms with Crippen LogP contribution in [-0.4, -0.2) is 40.7 Å². The van der Waals surface area contributed by atoms with E-state index in [2.05, 4.69) is 10.3 Å². The highest BCUT2D eigenvalue weighted by molar-refractivity contribution is 5.90. The zero-order valence-corrected chi connectivity index (χ0v) is 14.6. The summed E-state index contributed by atoms with van der Waals surface area (Å²) < 4.78 is 21.6. The smallest absolute Gasteiger partial charge is 0.414 e. The molecule has 0 unspecified atom stereocenters. The standard InChI is InChI=1S/C19H17FN4O3.CH4/c1-12(25)22-8-16-11-24(19(26)27-16)15-2-3-18(17(20)6-15)23-9-13-4-5-21-7-14(13)10-23;/h2-7,9-10,16H,8,11H2,1H3,(H,22,25);1H4/t16-;/m0./s1. The highest BCUT2D eigenvalue weighted by Crippen LogP contribution is 2.26. The molecule has 2 amide bonds. The maximum absolute atomic E-state index is 14.7. The molecule has 28 heavy (non-hydrogen) atoms. The van der Waals surface area contributed by atoms with Crippen molar-refractivity contribution in [2.24, 2.45) is 0 Å². The Morgan fingerprint density at radius 2 is 2.11 bits per heavy atom. The summed E-state index contributed by atoms with van der Waals surface area (Å²) in [5, 5.41) is 4.47. The first-order chi connectivity index (χ1) is 13.0. The number of halogens is 1. The Kier molecular flexibility index (Phi) is 5.30. The van der Waals surface area contributed by atoms with Crippen LogP contribution in [0.5, 0.6) is 0 Å². The van der Waals surface area contributed by atoms with E-state index < -0.39 is 18.0 Å². The second-order valence-corrected chi connectivity index (χ2v) is 6.36. The second kappa shape index (κ2) is 7.67. The van der Waals surface area contributed by atoms with Crippen molar-refractivity contribution in [3.05, 3.63) is 54.9 Å². The van der Waals surface area contributed by atoms with Crippen molar-refractivity contribution < 1.29 is 18.7 Å². The summed E-state index contributed by atoms with van der Waals surface area (Å²) >= 11 is 0. The summed E-state index contributed by atoms with van der Waals surface area (Å²) in [6.07, 6.45) is 5.99. The minimum absolute atomic E-state index is 0. The van der Waals surface area contributed by atoms with Crippen LogP contribution >= 0.6 is 0 Å². The number of amides is 2. The lowest BCUT2D eigenvalue weighted by Crippen LogP contribution is -2.33. The molecule has 3 heterocycles. The van der Waals surface area contributed by atoms with Gasteiger partial charge in [-0.15, -0.1) is 0 Å². The van der Waals surface area contributed by atoms with Gasteiger partial charge < -0.3 is 14.6 Å². The molecule has 146 valence electrons. The molecule has 2 aromatic heterocycles. The molecule has 1 saturated heterocycles. The van der Waals surface area contributed by atoms with Crippen molar-refractivity contribution in [1.29, 1.82) is 0 Å². The Balaban J connectivity index is 0.00000225. The zero-order chi connectivity index (χ0) is 19.0. The molecule has 1 fully saturated rings. The minimum atomic E-state index is -0.560. The van der Waals surface area contributed by atoms with Gasteiger partial charge in [0, 0.05) is 42.5 Å². The first kappa shape index (κ1) is 19.3. The van der Waals surface area contributed by atoms with Gasteiger partial charge in [0.15, 0.2) is 0 Å². The van der Waals surface area contributed by atoms with E-state index in [0.29, 0.717) is 11.4 Å². The molecule has 8 heteroatoms. The zero-order valence-electron chi connectivity index (χ0n) is 14.6. The van der Waals surface area contributed by atoms with E-state index in [1.807, 2.05) is 12.3 Å². The Labute approximate surface area is 161 Å². The van der Waals surface area contributed by atoms with Crippen molar-refractivity contribution in [3.8, 4) is 5.69 Å². The molecular weight excluding hydrogens is 363 g/mol. The largest absolute Gasteiger partial charge is 0.442 e. The highest BCUT2D eigenvalue weighted by atomic mass is 19.1. The van der Waals surface area contributed by atoms with Crippen LogP contribution in [0.4, 0.5) is 14.9 Å². The quantitative estimate of drug-likeness (QED) is 0.749. The first-order valence-electron chi connectivity index (χ1n) is 8.45. The minimum Gasteiger partial charge on any atom is -0.442 e.